The van der Waals surface area contributed by atoms with Crippen LogP contribution in [0, 0.1) is 20.8 Å². The number of ether oxygens (including phenoxy) is 1. The van der Waals surface area contributed by atoms with E-state index < -0.39 is 17.4 Å². The third-order valence-corrected chi connectivity index (χ3v) is 5.24. The lowest BCUT2D eigenvalue weighted by molar-refractivity contribution is -0.146. The number of carbonyl (C=O) groups excluding carboxylic acids is 2. The van der Waals surface area contributed by atoms with Crippen molar-refractivity contribution >= 4 is 23.2 Å². The van der Waals surface area contributed by atoms with Crippen LogP contribution in [0.5, 0.6) is 0 Å². The summed E-state index contributed by atoms with van der Waals surface area (Å²) in [5.74, 6) is -0.996. The Hall–Kier alpha value is -2.55. The van der Waals surface area contributed by atoms with Crippen LogP contribution in [-0.4, -0.2) is 39.3 Å². The van der Waals surface area contributed by atoms with Crippen LogP contribution in [-0.2, 0) is 16.6 Å². The fraction of sp³-hybridized carbons (Fsp3) is 0.471. The van der Waals surface area contributed by atoms with E-state index in [1.807, 2.05) is 6.92 Å². The van der Waals surface area contributed by atoms with Gasteiger partial charge in [0.05, 0.1) is 24.1 Å². The molecule has 0 aromatic carbocycles. The van der Waals surface area contributed by atoms with E-state index in [9.17, 15) is 14.4 Å². The van der Waals surface area contributed by atoms with Crippen molar-refractivity contribution in [3.05, 3.63) is 32.2 Å². The minimum absolute atomic E-state index is 0.274. The normalized spacial score (nSPS) is 11.3. The van der Waals surface area contributed by atoms with Gasteiger partial charge in [-0.25, -0.2) is 14.5 Å². The number of hydrogen-bond acceptors (Lipinski definition) is 7. The second-order valence-corrected chi connectivity index (χ2v) is 7.52. The van der Waals surface area contributed by atoms with Crippen LogP contribution < -0.4 is 10.9 Å². The number of amides is 1. The first-order chi connectivity index (χ1) is 12.0. The standard InChI is InChI=1S/C17H22N4O4S/c1-8-9(2)20-21(6)15(23)11(8)14-18-10(3)12(26-14)13(22)19-17(4,5)16(24)25-7/h1-7H3,(H,19,22). The fourth-order valence-corrected chi connectivity index (χ4v) is 3.52. The number of esters is 1. The Kier molecular flexibility index (Phi) is 5.31. The van der Waals surface area contributed by atoms with E-state index in [1.54, 1.807) is 34.7 Å². The zero-order valence-corrected chi connectivity index (χ0v) is 16.7. The maximum Gasteiger partial charge on any atom is 0.330 e. The first-order valence-corrected chi connectivity index (χ1v) is 8.74. The Morgan fingerprint density at radius 3 is 2.38 bits per heavy atom. The minimum atomic E-state index is -1.18. The summed E-state index contributed by atoms with van der Waals surface area (Å²) in [7, 11) is 2.84. The highest BCUT2D eigenvalue weighted by atomic mass is 32.1. The molecule has 0 spiro atoms. The quantitative estimate of drug-likeness (QED) is 0.809. The van der Waals surface area contributed by atoms with Crippen molar-refractivity contribution in [1.82, 2.24) is 20.1 Å². The van der Waals surface area contributed by atoms with E-state index in [4.69, 9.17) is 4.74 Å². The summed E-state index contributed by atoms with van der Waals surface area (Å²) in [5, 5.41) is 7.24. The largest absolute Gasteiger partial charge is 0.467 e. The van der Waals surface area contributed by atoms with E-state index in [1.165, 1.54) is 11.8 Å². The predicted molar refractivity (Wildman–Crippen MR) is 98.4 cm³/mol. The van der Waals surface area contributed by atoms with Gasteiger partial charge in [0.2, 0.25) is 0 Å². The predicted octanol–water partition coefficient (Wildman–Crippen LogP) is 1.51. The Morgan fingerprint density at radius 1 is 1.19 bits per heavy atom. The Balaban J connectivity index is 2.47. The molecule has 0 aliphatic heterocycles. The SMILES string of the molecule is COC(=O)C(C)(C)NC(=O)c1sc(-c2c(C)c(C)nn(C)c2=O)nc1C. The van der Waals surface area contributed by atoms with Crippen molar-refractivity contribution in [1.29, 1.82) is 0 Å². The van der Waals surface area contributed by atoms with Gasteiger partial charge in [0.1, 0.15) is 15.4 Å². The first-order valence-electron chi connectivity index (χ1n) is 7.92. The van der Waals surface area contributed by atoms with Gasteiger partial charge in [-0.3, -0.25) is 9.59 Å². The van der Waals surface area contributed by atoms with Crippen LogP contribution in [0.15, 0.2) is 4.79 Å². The maximum atomic E-state index is 12.6. The van der Waals surface area contributed by atoms with E-state index >= 15 is 0 Å². The Bertz CT molecular complexity index is 943. The number of carbonyl (C=O) groups is 2. The molecule has 2 aromatic heterocycles. The molecule has 8 nitrogen and oxygen atoms in total. The summed E-state index contributed by atoms with van der Waals surface area (Å²) in [6.45, 7) is 8.41. The number of methoxy groups -OCH3 is 1. The van der Waals surface area contributed by atoms with Crippen LogP contribution in [0.1, 0.15) is 40.5 Å². The van der Waals surface area contributed by atoms with E-state index in [2.05, 4.69) is 15.4 Å². The number of aryl methyl sites for hydroxylation is 3. The molecule has 0 aliphatic rings. The Labute approximate surface area is 155 Å². The maximum absolute atomic E-state index is 12.6. The lowest BCUT2D eigenvalue weighted by Gasteiger charge is -2.22. The number of nitrogens with zero attached hydrogens (tertiary/aromatic N) is 3. The molecular weight excluding hydrogens is 356 g/mol. The summed E-state index contributed by atoms with van der Waals surface area (Å²) in [6.07, 6.45) is 0. The van der Waals surface area contributed by atoms with Crippen molar-refractivity contribution < 1.29 is 14.3 Å². The minimum Gasteiger partial charge on any atom is -0.467 e. The molecule has 0 fully saturated rings. The van der Waals surface area contributed by atoms with Crippen molar-refractivity contribution in [3.8, 4) is 10.6 Å². The average Bonchev–Trinajstić information content (AvgIpc) is 2.93. The van der Waals surface area contributed by atoms with Gasteiger partial charge in [0.15, 0.2) is 0 Å². The van der Waals surface area contributed by atoms with E-state index in [-0.39, 0.29) is 5.56 Å². The monoisotopic (exact) mass is 378 g/mol. The molecule has 1 amide bonds. The smallest absolute Gasteiger partial charge is 0.330 e. The third-order valence-electron chi connectivity index (χ3n) is 4.06. The number of hydrogen-bond donors (Lipinski definition) is 1. The van der Waals surface area contributed by atoms with E-state index in [0.717, 1.165) is 16.9 Å². The summed E-state index contributed by atoms with van der Waals surface area (Å²) in [4.78, 5) is 41.6. The lowest BCUT2D eigenvalue weighted by atomic mass is 10.1. The van der Waals surface area contributed by atoms with Gasteiger partial charge in [0.25, 0.3) is 11.5 Å². The fourth-order valence-electron chi connectivity index (χ4n) is 2.46. The molecule has 0 aliphatic carbocycles. The summed E-state index contributed by atoms with van der Waals surface area (Å²) >= 11 is 1.11. The van der Waals surface area contributed by atoms with Crippen molar-refractivity contribution in [2.45, 2.75) is 40.2 Å². The lowest BCUT2D eigenvalue weighted by Crippen LogP contribution is -2.50. The van der Waals surface area contributed by atoms with Gasteiger partial charge in [-0.05, 0) is 40.2 Å². The molecular formula is C17H22N4O4S. The Morgan fingerprint density at radius 2 is 1.81 bits per heavy atom. The molecule has 0 unspecified atom stereocenters. The molecule has 0 saturated heterocycles. The van der Waals surface area contributed by atoms with E-state index in [0.29, 0.717) is 26.8 Å². The average molecular weight is 378 g/mol. The van der Waals surface area contributed by atoms with Crippen molar-refractivity contribution in [3.63, 3.8) is 0 Å². The molecule has 2 aromatic rings. The number of aromatic nitrogens is 3. The first kappa shape index (κ1) is 19.8. The molecule has 140 valence electrons. The molecule has 0 bridgehead atoms. The molecule has 0 radical (unpaired) electrons. The van der Waals surface area contributed by atoms with Crippen LogP contribution >= 0.6 is 11.3 Å². The number of nitrogens with one attached hydrogen (secondary N) is 1. The van der Waals surface area contributed by atoms with Crippen LogP contribution in [0.3, 0.4) is 0 Å². The zero-order chi connectivity index (χ0) is 19.8. The van der Waals surface area contributed by atoms with Gasteiger partial charge < -0.3 is 10.1 Å². The zero-order valence-electron chi connectivity index (χ0n) is 15.9. The van der Waals surface area contributed by atoms with Crippen LogP contribution in [0.25, 0.3) is 10.6 Å². The van der Waals surface area contributed by atoms with Gasteiger partial charge in [-0.15, -0.1) is 11.3 Å². The highest BCUT2D eigenvalue weighted by Gasteiger charge is 2.32. The molecule has 26 heavy (non-hydrogen) atoms. The number of thiazole rings is 1. The van der Waals surface area contributed by atoms with Crippen LogP contribution in [0.4, 0.5) is 0 Å². The van der Waals surface area contributed by atoms with Gasteiger partial charge in [0, 0.05) is 7.05 Å². The second kappa shape index (κ2) is 6.99. The molecule has 2 rings (SSSR count). The summed E-state index contributed by atoms with van der Waals surface area (Å²) in [6, 6.07) is 0. The van der Waals surface area contributed by atoms with Gasteiger partial charge in [-0.2, -0.15) is 5.10 Å². The highest BCUT2D eigenvalue weighted by Crippen LogP contribution is 2.29. The number of rotatable bonds is 4. The second-order valence-electron chi connectivity index (χ2n) is 6.52. The third kappa shape index (κ3) is 3.52. The molecule has 0 saturated carbocycles. The summed E-state index contributed by atoms with van der Waals surface area (Å²) in [5.41, 5.74) is 0.903. The van der Waals surface area contributed by atoms with Gasteiger partial charge >= 0.3 is 5.97 Å². The van der Waals surface area contributed by atoms with Crippen LogP contribution in [0.2, 0.25) is 0 Å². The highest BCUT2D eigenvalue weighted by molar-refractivity contribution is 7.17. The topological polar surface area (TPSA) is 103 Å². The summed E-state index contributed by atoms with van der Waals surface area (Å²) < 4.78 is 5.96. The molecule has 2 heterocycles. The van der Waals surface area contributed by atoms with Crippen molar-refractivity contribution in [2.24, 2.45) is 7.05 Å². The van der Waals surface area contributed by atoms with Crippen molar-refractivity contribution in [2.75, 3.05) is 7.11 Å². The van der Waals surface area contributed by atoms with Gasteiger partial charge in [-0.1, -0.05) is 0 Å². The molecule has 9 heteroatoms. The molecule has 0 atom stereocenters. The molecule has 1 N–H and O–H groups in total.